The molecule has 2 aromatic rings. The number of aryl methyl sites for hydroxylation is 1. The standard InChI is InChI=1S/C15H20ClN3O2S2/c1-5-21-14(20)11-9(2)10-12(16)17-15(18-13(10)23-11)22-8-6-7-19(3)4/h5-8H2,1-4H3. The van der Waals surface area contributed by atoms with Gasteiger partial charge in [0.1, 0.15) is 14.9 Å². The third kappa shape index (κ3) is 4.56. The molecule has 0 unspecified atom stereocenters. The Kier molecular flexibility index (Phi) is 6.64. The highest BCUT2D eigenvalue weighted by molar-refractivity contribution is 7.99. The number of nitrogens with zero attached hydrogens (tertiary/aromatic N) is 3. The van der Waals surface area contributed by atoms with Crippen LogP contribution < -0.4 is 0 Å². The molecule has 0 atom stereocenters. The van der Waals surface area contributed by atoms with Crippen molar-refractivity contribution >= 4 is 50.9 Å². The van der Waals surface area contributed by atoms with Gasteiger partial charge in [-0.05, 0) is 46.5 Å². The van der Waals surface area contributed by atoms with Gasteiger partial charge >= 0.3 is 5.97 Å². The van der Waals surface area contributed by atoms with Gasteiger partial charge in [0.05, 0.1) is 12.0 Å². The van der Waals surface area contributed by atoms with Crippen molar-refractivity contribution in [3.05, 3.63) is 15.6 Å². The number of aromatic nitrogens is 2. The first-order valence-electron chi connectivity index (χ1n) is 7.35. The maximum absolute atomic E-state index is 12.0. The lowest BCUT2D eigenvalue weighted by Gasteiger charge is -2.08. The van der Waals surface area contributed by atoms with E-state index >= 15 is 0 Å². The number of hydrogen-bond donors (Lipinski definition) is 0. The molecule has 0 spiro atoms. The second-order valence-corrected chi connectivity index (χ2v) is 7.68. The number of thiophene rings is 1. The van der Waals surface area contributed by atoms with Crippen molar-refractivity contribution in [1.29, 1.82) is 0 Å². The summed E-state index contributed by atoms with van der Waals surface area (Å²) in [4.78, 5) is 24.3. The number of hydrogen-bond acceptors (Lipinski definition) is 7. The van der Waals surface area contributed by atoms with Gasteiger partial charge in [-0.1, -0.05) is 23.4 Å². The average molecular weight is 374 g/mol. The van der Waals surface area contributed by atoms with Crippen molar-refractivity contribution in [2.24, 2.45) is 0 Å². The van der Waals surface area contributed by atoms with E-state index < -0.39 is 0 Å². The van der Waals surface area contributed by atoms with Crippen LogP contribution in [0.15, 0.2) is 5.16 Å². The van der Waals surface area contributed by atoms with Gasteiger partial charge < -0.3 is 9.64 Å². The molecule has 2 heterocycles. The van der Waals surface area contributed by atoms with Gasteiger partial charge in [0.2, 0.25) is 0 Å². The molecule has 126 valence electrons. The summed E-state index contributed by atoms with van der Waals surface area (Å²) < 4.78 is 5.08. The summed E-state index contributed by atoms with van der Waals surface area (Å²) in [5, 5.41) is 1.80. The topological polar surface area (TPSA) is 55.3 Å². The third-order valence-electron chi connectivity index (χ3n) is 3.17. The first kappa shape index (κ1) is 18.4. The summed E-state index contributed by atoms with van der Waals surface area (Å²) in [6, 6.07) is 0. The largest absolute Gasteiger partial charge is 0.462 e. The van der Waals surface area contributed by atoms with E-state index in [-0.39, 0.29) is 5.97 Å². The minimum Gasteiger partial charge on any atom is -0.462 e. The molecule has 0 saturated carbocycles. The number of halogens is 1. The van der Waals surface area contributed by atoms with Crippen LogP contribution in [0.2, 0.25) is 5.15 Å². The average Bonchev–Trinajstić information content (AvgIpc) is 2.81. The fourth-order valence-electron chi connectivity index (χ4n) is 2.07. The fraction of sp³-hybridized carbons (Fsp3) is 0.533. The van der Waals surface area contributed by atoms with Gasteiger partial charge in [-0.3, -0.25) is 0 Å². The maximum Gasteiger partial charge on any atom is 0.348 e. The summed E-state index contributed by atoms with van der Waals surface area (Å²) >= 11 is 9.20. The van der Waals surface area contributed by atoms with E-state index in [1.807, 2.05) is 6.92 Å². The van der Waals surface area contributed by atoms with Crippen molar-refractivity contribution in [3.63, 3.8) is 0 Å². The first-order chi connectivity index (χ1) is 10.9. The highest BCUT2D eigenvalue weighted by Crippen LogP contribution is 2.35. The summed E-state index contributed by atoms with van der Waals surface area (Å²) in [7, 11) is 4.10. The normalized spacial score (nSPS) is 11.4. The number of thioether (sulfide) groups is 1. The Balaban J connectivity index is 2.22. The lowest BCUT2D eigenvalue weighted by atomic mass is 10.2. The lowest BCUT2D eigenvalue weighted by molar-refractivity contribution is 0.0531. The van der Waals surface area contributed by atoms with E-state index in [1.165, 1.54) is 11.3 Å². The van der Waals surface area contributed by atoms with Gasteiger partial charge in [-0.25, -0.2) is 14.8 Å². The van der Waals surface area contributed by atoms with E-state index in [2.05, 4.69) is 29.0 Å². The van der Waals surface area contributed by atoms with Crippen molar-refractivity contribution in [3.8, 4) is 0 Å². The molecular formula is C15H20ClN3O2S2. The molecule has 0 fully saturated rings. The van der Waals surface area contributed by atoms with E-state index in [4.69, 9.17) is 16.3 Å². The zero-order valence-corrected chi connectivity index (χ0v) is 16.1. The van der Waals surface area contributed by atoms with Crippen molar-refractivity contribution in [2.45, 2.75) is 25.4 Å². The quantitative estimate of drug-likeness (QED) is 0.241. The Morgan fingerprint density at radius 3 is 2.78 bits per heavy atom. The molecule has 8 heteroatoms. The van der Waals surface area contributed by atoms with E-state index in [0.717, 1.165) is 34.5 Å². The zero-order valence-electron chi connectivity index (χ0n) is 13.7. The number of carbonyl (C=O) groups excluding carboxylic acids is 1. The minimum atomic E-state index is -0.329. The number of carbonyl (C=O) groups is 1. The van der Waals surface area contributed by atoms with Crippen molar-refractivity contribution in [2.75, 3.05) is 33.0 Å². The van der Waals surface area contributed by atoms with Gasteiger partial charge in [0.15, 0.2) is 5.16 Å². The molecule has 0 aliphatic rings. The lowest BCUT2D eigenvalue weighted by Crippen LogP contribution is -2.13. The number of rotatable bonds is 7. The van der Waals surface area contributed by atoms with Crippen LogP contribution in [0.1, 0.15) is 28.6 Å². The maximum atomic E-state index is 12.0. The Bertz CT molecular complexity index is 704. The summed E-state index contributed by atoms with van der Waals surface area (Å²) in [6.45, 7) is 5.01. The van der Waals surface area contributed by atoms with Crippen LogP contribution in [-0.2, 0) is 4.74 Å². The summed E-state index contributed by atoms with van der Waals surface area (Å²) in [5.74, 6) is 0.596. The Hall–Kier alpha value is -0.890. The molecule has 2 rings (SSSR count). The smallest absolute Gasteiger partial charge is 0.348 e. The molecule has 0 bridgehead atoms. The molecule has 2 aromatic heterocycles. The predicted octanol–water partition coefficient (Wildman–Crippen LogP) is 3.87. The molecular weight excluding hydrogens is 354 g/mol. The van der Waals surface area contributed by atoms with Crippen LogP contribution in [0.5, 0.6) is 0 Å². The van der Waals surface area contributed by atoms with Gasteiger partial charge in [-0.2, -0.15) is 0 Å². The molecule has 0 aromatic carbocycles. The van der Waals surface area contributed by atoms with Crippen LogP contribution in [0.3, 0.4) is 0 Å². The van der Waals surface area contributed by atoms with Crippen molar-refractivity contribution < 1.29 is 9.53 Å². The Morgan fingerprint density at radius 2 is 2.13 bits per heavy atom. The molecule has 23 heavy (non-hydrogen) atoms. The van der Waals surface area contributed by atoms with E-state index in [1.54, 1.807) is 18.7 Å². The van der Waals surface area contributed by atoms with Crippen LogP contribution in [0.4, 0.5) is 0 Å². The van der Waals surface area contributed by atoms with Gasteiger partial charge in [0, 0.05) is 5.75 Å². The van der Waals surface area contributed by atoms with Crippen LogP contribution in [-0.4, -0.2) is 53.8 Å². The Labute approximate surface area is 149 Å². The van der Waals surface area contributed by atoms with E-state index in [0.29, 0.717) is 21.8 Å². The molecule has 0 amide bonds. The molecule has 0 saturated heterocycles. The van der Waals surface area contributed by atoms with Crippen LogP contribution >= 0.6 is 34.7 Å². The second-order valence-electron chi connectivity index (χ2n) is 5.26. The van der Waals surface area contributed by atoms with Gasteiger partial charge in [-0.15, -0.1) is 11.3 Å². The van der Waals surface area contributed by atoms with Crippen LogP contribution in [0, 0.1) is 6.92 Å². The number of esters is 1. The first-order valence-corrected chi connectivity index (χ1v) is 9.53. The molecule has 0 radical (unpaired) electrons. The zero-order chi connectivity index (χ0) is 17.0. The summed E-state index contributed by atoms with van der Waals surface area (Å²) in [6.07, 6.45) is 1.05. The van der Waals surface area contributed by atoms with E-state index in [9.17, 15) is 4.79 Å². The fourth-order valence-corrected chi connectivity index (χ4v) is 4.39. The SMILES string of the molecule is CCOC(=O)c1sc2nc(SCCCN(C)C)nc(Cl)c2c1C. The highest BCUT2D eigenvalue weighted by Gasteiger charge is 2.20. The molecule has 5 nitrogen and oxygen atoms in total. The number of ether oxygens (including phenoxy) is 1. The predicted molar refractivity (Wildman–Crippen MR) is 97.0 cm³/mol. The molecule has 0 N–H and O–H groups in total. The summed E-state index contributed by atoms with van der Waals surface area (Å²) in [5.41, 5.74) is 0.789. The monoisotopic (exact) mass is 373 g/mol. The second kappa shape index (κ2) is 8.28. The Morgan fingerprint density at radius 1 is 1.39 bits per heavy atom. The number of fused-ring (bicyclic) bond motifs is 1. The van der Waals surface area contributed by atoms with Crippen molar-refractivity contribution in [1.82, 2.24) is 14.9 Å². The molecule has 0 aliphatic heterocycles. The van der Waals surface area contributed by atoms with Crippen LogP contribution in [0.25, 0.3) is 10.2 Å². The highest BCUT2D eigenvalue weighted by atomic mass is 35.5. The third-order valence-corrected chi connectivity index (χ3v) is 5.54. The van der Waals surface area contributed by atoms with Gasteiger partial charge in [0.25, 0.3) is 0 Å². The minimum absolute atomic E-state index is 0.329. The molecule has 0 aliphatic carbocycles.